The smallest absolute Gasteiger partial charge is 0.418 e. The van der Waals surface area contributed by atoms with Crippen molar-refractivity contribution in [2.24, 2.45) is 0 Å². The van der Waals surface area contributed by atoms with Crippen molar-refractivity contribution in [1.82, 2.24) is 0 Å². The molecule has 1 N–H and O–H groups in total. The third-order valence-corrected chi connectivity index (χ3v) is 5.73. The van der Waals surface area contributed by atoms with E-state index in [1.165, 1.54) is 41.1 Å². The van der Waals surface area contributed by atoms with Crippen molar-refractivity contribution in [1.29, 1.82) is 0 Å². The number of benzene rings is 1. The fourth-order valence-electron chi connectivity index (χ4n) is 3.02. The lowest BCUT2D eigenvalue weighted by atomic mass is 9.74. The first-order chi connectivity index (χ1) is 10.9. The van der Waals surface area contributed by atoms with Crippen LogP contribution in [0.2, 0.25) is 0 Å². The minimum atomic E-state index is -4.96. The van der Waals surface area contributed by atoms with Gasteiger partial charge in [-0.25, -0.2) is 8.60 Å². The van der Waals surface area contributed by atoms with Crippen LogP contribution in [-0.2, 0) is 19.8 Å². The summed E-state index contributed by atoms with van der Waals surface area (Å²) in [6.07, 6.45) is -5.22. The Labute approximate surface area is 151 Å². The summed E-state index contributed by atoms with van der Waals surface area (Å²) in [6.45, 7) is 3.30. The van der Waals surface area contributed by atoms with Crippen LogP contribution in [0.5, 0.6) is 5.75 Å². The Hall–Kier alpha value is -0.420. The molecule has 0 bridgehead atoms. The Kier molecular flexibility index (Phi) is 5.57. The molecule has 0 amide bonds. The van der Waals surface area contributed by atoms with Gasteiger partial charge < -0.3 is 9.84 Å². The minimum absolute atomic E-state index is 0.275. The topological polar surface area (TPSA) is 46.5 Å². The van der Waals surface area contributed by atoms with Crippen LogP contribution in [0.1, 0.15) is 31.4 Å². The Bertz CT molecular complexity index is 663. The van der Waals surface area contributed by atoms with Crippen LogP contribution in [0.4, 0.5) is 17.6 Å². The van der Waals surface area contributed by atoms with Gasteiger partial charge >= 0.3 is 6.18 Å². The van der Waals surface area contributed by atoms with E-state index in [4.69, 9.17) is 4.74 Å². The zero-order valence-electron chi connectivity index (χ0n) is 13.0. The van der Waals surface area contributed by atoms with Gasteiger partial charge in [0.25, 0.3) is 0 Å². The number of halogens is 5. The van der Waals surface area contributed by atoms with Gasteiger partial charge in [-0.3, -0.25) is 0 Å². The summed E-state index contributed by atoms with van der Waals surface area (Å²) in [5.74, 6) is -1.13. The molecule has 0 fully saturated rings. The van der Waals surface area contributed by atoms with Crippen molar-refractivity contribution in [3.05, 3.63) is 29.1 Å². The van der Waals surface area contributed by atoms with Gasteiger partial charge in [0.15, 0.2) is 5.60 Å². The van der Waals surface area contributed by atoms with Gasteiger partial charge in [0, 0.05) is 38.8 Å². The lowest BCUT2D eigenvalue weighted by molar-refractivity contribution is -0.256. The van der Waals surface area contributed by atoms with E-state index in [9.17, 15) is 26.9 Å². The van der Waals surface area contributed by atoms with Gasteiger partial charge in [0.1, 0.15) is 11.6 Å². The normalized spacial score (nSPS) is 18.7. The van der Waals surface area contributed by atoms with Crippen LogP contribution in [0.3, 0.4) is 0 Å². The summed E-state index contributed by atoms with van der Waals surface area (Å²) >= 11 is 1.34. The zero-order valence-corrected chi connectivity index (χ0v) is 16.0. The lowest BCUT2D eigenvalue weighted by Crippen LogP contribution is -2.52. The third kappa shape index (κ3) is 4.04. The van der Waals surface area contributed by atoms with Crippen molar-refractivity contribution < 1.29 is 31.6 Å². The Balaban J connectivity index is 2.45. The highest BCUT2D eigenvalue weighted by atomic mass is 127. The first-order valence-electron chi connectivity index (χ1n) is 7.15. The van der Waals surface area contributed by atoms with E-state index in [1.807, 2.05) is 0 Å². The Morgan fingerprint density at radius 1 is 1.33 bits per heavy atom. The highest BCUT2D eigenvalue weighted by molar-refractivity contribution is 14.2. The molecule has 2 atom stereocenters. The van der Waals surface area contributed by atoms with Crippen LogP contribution in [0.15, 0.2) is 12.1 Å². The summed E-state index contributed by atoms with van der Waals surface area (Å²) in [5, 5.41) is 10.2. The molecule has 0 spiro atoms. The zero-order chi connectivity index (χ0) is 18.3. The van der Waals surface area contributed by atoms with Crippen LogP contribution < -0.4 is 4.74 Å². The van der Waals surface area contributed by atoms with Gasteiger partial charge in [-0.2, -0.15) is 13.2 Å². The predicted octanol–water partition coefficient (Wildman–Crippen LogP) is 3.82. The molecule has 136 valence electrons. The molecule has 0 saturated carbocycles. The Morgan fingerprint density at radius 3 is 2.50 bits per heavy atom. The molecule has 2 rings (SSSR count). The lowest BCUT2D eigenvalue weighted by Gasteiger charge is -2.37. The van der Waals surface area contributed by atoms with E-state index in [0.717, 1.165) is 6.07 Å². The molecule has 9 heteroatoms. The summed E-state index contributed by atoms with van der Waals surface area (Å²) < 4.78 is 70.7. The second-order valence-electron chi connectivity index (χ2n) is 6.56. The van der Waals surface area contributed by atoms with Crippen molar-refractivity contribution in [3.63, 3.8) is 0 Å². The first-order valence-corrected chi connectivity index (χ1v) is 11.0. The molecule has 0 aliphatic carbocycles. The van der Waals surface area contributed by atoms with E-state index in [1.54, 1.807) is 0 Å². The minimum Gasteiger partial charge on any atom is -0.493 e. The molecule has 1 aromatic rings. The third-order valence-electron chi connectivity index (χ3n) is 4.09. The fraction of sp³-hybridized carbons (Fsp3) is 0.600. The Morgan fingerprint density at radius 2 is 1.96 bits per heavy atom. The summed E-state index contributed by atoms with van der Waals surface area (Å²) in [6, 6.07) is 2.44. The van der Waals surface area contributed by atoms with E-state index < -0.39 is 43.2 Å². The van der Waals surface area contributed by atoms with E-state index in [0.29, 0.717) is 24.3 Å². The van der Waals surface area contributed by atoms with Gasteiger partial charge in [-0.15, -0.1) is 0 Å². The second kappa shape index (κ2) is 6.71. The van der Waals surface area contributed by atoms with Crippen molar-refractivity contribution in [2.75, 3.05) is 12.4 Å². The van der Waals surface area contributed by atoms with Gasteiger partial charge in [-0.05, 0) is 24.0 Å². The maximum absolute atomic E-state index is 13.8. The molecule has 24 heavy (non-hydrogen) atoms. The quantitative estimate of drug-likeness (QED) is 0.396. The molecule has 1 aliphatic rings. The van der Waals surface area contributed by atoms with E-state index in [-0.39, 0.29) is 5.56 Å². The molecule has 1 aliphatic heterocycles. The van der Waals surface area contributed by atoms with Crippen LogP contribution >= 0.6 is 21.2 Å². The molecule has 3 nitrogen and oxygen atoms in total. The maximum Gasteiger partial charge on any atom is 0.418 e. The highest BCUT2D eigenvalue weighted by Gasteiger charge is 2.57. The van der Waals surface area contributed by atoms with Gasteiger partial charge in [0.05, 0.1) is 20.3 Å². The van der Waals surface area contributed by atoms with E-state index in [2.05, 4.69) is 0 Å². The maximum atomic E-state index is 13.8. The second-order valence-corrected chi connectivity index (χ2v) is 10.4. The molecule has 0 saturated heterocycles. The first kappa shape index (κ1) is 19.9. The van der Waals surface area contributed by atoms with Crippen molar-refractivity contribution in [3.8, 4) is 5.75 Å². The predicted molar refractivity (Wildman–Crippen MR) is 91.3 cm³/mol. The summed E-state index contributed by atoms with van der Waals surface area (Å²) in [4.78, 5) is 0. The summed E-state index contributed by atoms with van der Waals surface area (Å²) in [7, 11) is -1.88. The number of aliphatic hydroxyl groups is 1. The average molecular weight is 480 g/mol. The number of hydrogen-bond acceptors (Lipinski definition) is 3. The van der Waals surface area contributed by atoms with Crippen LogP contribution in [-0.4, -0.2) is 33.5 Å². The van der Waals surface area contributed by atoms with Crippen molar-refractivity contribution >= 4 is 29.2 Å². The van der Waals surface area contributed by atoms with Gasteiger partial charge in [-0.1, -0.05) is 13.8 Å². The molecule has 1 unspecified atom stereocenters. The van der Waals surface area contributed by atoms with Crippen LogP contribution in [0.25, 0.3) is 0 Å². The number of ether oxygens (including phenoxy) is 1. The molecule has 1 heterocycles. The highest BCUT2D eigenvalue weighted by Crippen LogP contribution is 2.46. The molecular formula is C15H17F4IO3S. The van der Waals surface area contributed by atoms with Crippen molar-refractivity contribution in [2.45, 2.75) is 43.9 Å². The average Bonchev–Trinajstić information content (AvgIpc) is 2.82. The largest absolute Gasteiger partial charge is 0.493 e. The molecular weight excluding hydrogens is 463 g/mol. The molecule has 1 aromatic carbocycles. The van der Waals surface area contributed by atoms with E-state index >= 15 is 0 Å². The number of alkyl halides is 3. The molecule has 0 aromatic heterocycles. The fourth-order valence-corrected chi connectivity index (χ4v) is 5.21. The number of rotatable bonds is 5. The number of hydrogen-bond donors (Lipinski definition) is 1. The standard InChI is InChI=1S/C15H17F4IO3S/c1-13(2,7-14(21,8-24(20)22)15(17,18)19)11-6-10(16)5-9-3-4-23-12(9)11/h5-6,21H,3-4,7-8H2,1-2H3/t14?,24-/m1/s1. The molecule has 0 radical (unpaired) electrons. The van der Waals surface area contributed by atoms with Crippen LogP contribution in [0, 0.1) is 5.82 Å². The number of fused-ring (bicyclic) bond motifs is 1. The monoisotopic (exact) mass is 480 g/mol. The summed E-state index contributed by atoms with van der Waals surface area (Å²) in [5.41, 5.74) is -3.50. The SMILES string of the molecule is CC(C)(CC(O)(C[S@@](=O)I)C(F)(F)F)c1cc(F)cc2c1OCC2. The van der Waals surface area contributed by atoms with Gasteiger partial charge in [0.2, 0.25) is 0 Å².